The predicted octanol–water partition coefficient (Wildman–Crippen LogP) is 3.66. The minimum Gasteiger partial charge on any atom is -0.328 e. The number of fused-ring (bicyclic) bond motifs is 1. The van der Waals surface area contributed by atoms with E-state index < -0.39 is 15.7 Å². The number of carbonyl (C=O) groups excluding carboxylic acids is 1. The van der Waals surface area contributed by atoms with Gasteiger partial charge in [-0.2, -0.15) is 5.10 Å². The molecule has 1 aliphatic carbocycles. The molecule has 0 unspecified atom stereocenters. The molecule has 6 nitrogen and oxygen atoms in total. The summed E-state index contributed by atoms with van der Waals surface area (Å²) >= 11 is 0. The summed E-state index contributed by atoms with van der Waals surface area (Å²) in [5, 5.41) is 4.62. The molecule has 1 fully saturated rings. The van der Waals surface area contributed by atoms with E-state index in [0.29, 0.717) is 30.1 Å². The summed E-state index contributed by atoms with van der Waals surface area (Å²) in [6.45, 7) is 1.71. The van der Waals surface area contributed by atoms with Crippen molar-refractivity contribution in [3.8, 4) is 11.1 Å². The molecule has 1 saturated carbocycles. The fourth-order valence-corrected chi connectivity index (χ4v) is 4.67. The lowest BCUT2D eigenvalue weighted by molar-refractivity contribution is 0.0749. The number of aromatic nitrogens is 2. The van der Waals surface area contributed by atoms with E-state index in [2.05, 4.69) is 5.10 Å². The standard InChI is InChI=1S/C23H22FN3O3S/c1-31(29,30)19-7-8-20(16-3-2-4-18(24)9-16)21(10-19)23(28)26-12-17-13-27(11-15-5-6-15)25-22(17)14-26/h2-4,7-10,13,15H,5-6,11-12,14H2,1H3. The van der Waals surface area contributed by atoms with Crippen LogP contribution in [0.5, 0.6) is 0 Å². The number of hydrogen-bond donors (Lipinski definition) is 0. The van der Waals surface area contributed by atoms with Crippen LogP contribution in [0.25, 0.3) is 11.1 Å². The number of sulfone groups is 1. The van der Waals surface area contributed by atoms with Crippen molar-refractivity contribution >= 4 is 15.7 Å². The first kappa shape index (κ1) is 19.9. The maximum absolute atomic E-state index is 13.8. The monoisotopic (exact) mass is 439 g/mol. The van der Waals surface area contributed by atoms with Gasteiger partial charge in [-0.1, -0.05) is 18.2 Å². The van der Waals surface area contributed by atoms with Gasteiger partial charge in [0.15, 0.2) is 9.84 Å². The molecule has 0 spiro atoms. The Balaban J connectivity index is 1.48. The first-order valence-corrected chi connectivity index (χ1v) is 12.1. The Morgan fingerprint density at radius 1 is 1.16 bits per heavy atom. The van der Waals surface area contributed by atoms with Crippen LogP contribution in [0.1, 0.15) is 34.5 Å². The molecule has 1 amide bonds. The molecular weight excluding hydrogens is 417 g/mol. The van der Waals surface area contributed by atoms with Crippen LogP contribution in [-0.2, 0) is 29.5 Å². The lowest BCUT2D eigenvalue weighted by atomic mass is 9.98. The smallest absolute Gasteiger partial charge is 0.255 e. The molecule has 2 aliphatic rings. The van der Waals surface area contributed by atoms with Crippen LogP contribution >= 0.6 is 0 Å². The van der Waals surface area contributed by atoms with E-state index in [1.165, 1.54) is 37.1 Å². The van der Waals surface area contributed by atoms with Gasteiger partial charge in [-0.05, 0) is 54.2 Å². The van der Waals surface area contributed by atoms with Crippen molar-refractivity contribution in [1.29, 1.82) is 0 Å². The zero-order chi connectivity index (χ0) is 21.8. The Kier molecular flexibility index (Phi) is 4.69. The number of nitrogens with zero attached hydrogens (tertiary/aromatic N) is 3. The van der Waals surface area contributed by atoms with Crippen molar-refractivity contribution in [2.75, 3.05) is 6.26 Å². The number of halogens is 1. The van der Waals surface area contributed by atoms with Crippen LogP contribution in [-0.4, -0.2) is 35.3 Å². The molecule has 2 aromatic carbocycles. The van der Waals surface area contributed by atoms with E-state index in [1.54, 1.807) is 23.1 Å². The van der Waals surface area contributed by atoms with E-state index in [1.807, 2.05) is 10.9 Å². The molecule has 0 bridgehead atoms. The second kappa shape index (κ2) is 7.30. The van der Waals surface area contributed by atoms with Gasteiger partial charge in [0, 0.05) is 36.7 Å². The highest BCUT2D eigenvalue weighted by molar-refractivity contribution is 7.90. The molecule has 1 aliphatic heterocycles. The number of hydrogen-bond acceptors (Lipinski definition) is 4. The van der Waals surface area contributed by atoms with Crippen LogP contribution in [0, 0.1) is 11.7 Å². The molecule has 2 heterocycles. The fraction of sp³-hybridized carbons (Fsp3) is 0.304. The zero-order valence-corrected chi connectivity index (χ0v) is 17.9. The van der Waals surface area contributed by atoms with E-state index >= 15 is 0 Å². The third-order valence-electron chi connectivity index (χ3n) is 5.84. The molecule has 0 N–H and O–H groups in total. The van der Waals surface area contributed by atoms with Gasteiger partial charge in [-0.25, -0.2) is 12.8 Å². The molecule has 1 aromatic heterocycles. The lowest BCUT2D eigenvalue weighted by Gasteiger charge is -2.19. The second-order valence-electron chi connectivity index (χ2n) is 8.42. The van der Waals surface area contributed by atoms with Crippen LogP contribution < -0.4 is 0 Å². The Bertz CT molecular complexity index is 1270. The quantitative estimate of drug-likeness (QED) is 0.608. The van der Waals surface area contributed by atoms with Gasteiger partial charge < -0.3 is 4.90 Å². The van der Waals surface area contributed by atoms with Gasteiger partial charge >= 0.3 is 0 Å². The number of rotatable bonds is 5. The van der Waals surface area contributed by atoms with Gasteiger partial charge in [0.25, 0.3) is 5.91 Å². The first-order valence-electron chi connectivity index (χ1n) is 10.2. The Morgan fingerprint density at radius 2 is 1.97 bits per heavy atom. The molecule has 160 valence electrons. The Labute approximate surface area is 180 Å². The number of carbonyl (C=O) groups is 1. The van der Waals surface area contributed by atoms with Crippen LogP contribution in [0.4, 0.5) is 4.39 Å². The summed E-state index contributed by atoms with van der Waals surface area (Å²) in [6.07, 6.45) is 5.59. The van der Waals surface area contributed by atoms with Gasteiger partial charge in [-0.15, -0.1) is 0 Å². The molecule has 0 atom stereocenters. The first-order chi connectivity index (χ1) is 14.8. The molecule has 8 heteroatoms. The SMILES string of the molecule is CS(=O)(=O)c1ccc(-c2cccc(F)c2)c(C(=O)N2Cc3cn(CC4CC4)nc3C2)c1. The van der Waals surface area contributed by atoms with Crippen LogP contribution in [0.3, 0.4) is 0 Å². The Morgan fingerprint density at radius 3 is 2.65 bits per heavy atom. The molecule has 3 aromatic rings. The van der Waals surface area contributed by atoms with E-state index in [0.717, 1.165) is 24.1 Å². The highest BCUT2D eigenvalue weighted by atomic mass is 32.2. The minimum atomic E-state index is -3.50. The van der Waals surface area contributed by atoms with E-state index in [4.69, 9.17) is 0 Å². The van der Waals surface area contributed by atoms with Crippen LogP contribution in [0.15, 0.2) is 53.6 Å². The van der Waals surface area contributed by atoms with Crippen LogP contribution in [0.2, 0.25) is 0 Å². The van der Waals surface area contributed by atoms with Crippen molar-refractivity contribution in [2.24, 2.45) is 5.92 Å². The minimum absolute atomic E-state index is 0.0579. The average Bonchev–Trinajstić information content (AvgIpc) is 3.32. The second-order valence-corrected chi connectivity index (χ2v) is 10.4. The third kappa shape index (κ3) is 3.99. The van der Waals surface area contributed by atoms with Crippen molar-refractivity contribution in [3.05, 3.63) is 71.3 Å². The largest absolute Gasteiger partial charge is 0.328 e. The van der Waals surface area contributed by atoms with Crippen molar-refractivity contribution in [2.45, 2.75) is 37.4 Å². The maximum Gasteiger partial charge on any atom is 0.255 e. The Hall–Kier alpha value is -3.00. The summed E-state index contributed by atoms with van der Waals surface area (Å²) in [7, 11) is -3.50. The summed E-state index contributed by atoms with van der Waals surface area (Å²) in [6, 6.07) is 10.4. The van der Waals surface area contributed by atoms with Gasteiger partial charge in [0.2, 0.25) is 0 Å². The fourth-order valence-electron chi connectivity index (χ4n) is 4.02. The topological polar surface area (TPSA) is 72.3 Å². The van der Waals surface area contributed by atoms with E-state index in [-0.39, 0.29) is 16.4 Å². The number of benzene rings is 2. The number of amides is 1. The molecule has 5 rings (SSSR count). The highest BCUT2D eigenvalue weighted by Gasteiger charge is 2.30. The maximum atomic E-state index is 13.8. The van der Waals surface area contributed by atoms with Gasteiger partial charge in [0.1, 0.15) is 5.82 Å². The van der Waals surface area contributed by atoms with Crippen molar-refractivity contribution in [3.63, 3.8) is 0 Å². The molecule has 0 saturated heterocycles. The molecule has 0 radical (unpaired) electrons. The lowest BCUT2D eigenvalue weighted by Crippen LogP contribution is -2.27. The molecule has 31 heavy (non-hydrogen) atoms. The normalized spacial score (nSPS) is 15.9. The van der Waals surface area contributed by atoms with Gasteiger partial charge in [0.05, 0.1) is 17.1 Å². The summed E-state index contributed by atoms with van der Waals surface area (Å²) < 4.78 is 40.0. The van der Waals surface area contributed by atoms with Crippen molar-refractivity contribution in [1.82, 2.24) is 14.7 Å². The average molecular weight is 440 g/mol. The highest BCUT2D eigenvalue weighted by Crippen LogP contribution is 2.33. The van der Waals surface area contributed by atoms with Gasteiger partial charge in [-0.3, -0.25) is 9.48 Å². The molecular formula is C23H22FN3O3S. The summed E-state index contributed by atoms with van der Waals surface area (Å²) in [5.41, 5.74) is 3.15. The van der Waals surface area contributed by atoms with E-state index in [9.17, 15) is 17.6 Å². The predicted molar refractivity (Wildman–Crippen MR) is 113 cm³/mol. The zero-order valence-electron chi connectivity index (χ0n) is 17.1. The van der Waals surface area contributed by atoms with Crippen molar-refractivity contribution < 1.29 is 17.6 Å². The third-order valence-corrected chi connectivity index (χ3v) is 6.95. The summed E-state index contributed by atoms with van der Waals surface area (Å²) in [4.78, 5) is 15.2. The summed E-state index contributed by atoms with van der Waals surface area (Å²) in [5.74, 6) is -0.00381.